The first kappa shape index (κ1) is 20.5. The molecule has 0 aliphatic carbocycles. The van der Waals surface area contributed by atoms with Gasteiger partial charge in [-0.1, -0.05) is 24.3 Å². The average Bonchev–Trinajstić information content (AvgIpc) is 2.64. The summed E-state index contributed by atoms with van der Waals surface area (Å²) in [6.07, 6.45) is 0. The Morgan fingerprint density at radius 1 is 1.00 bits per heavy atom. The molecule has 0 aliphatic rings. The van der Waals surface area contributed by atoms with E-state index in [9.17, 15) is 33.4 Å². The Balaban J connectivity index is 2.17. The highest BCUT2D eigenvalue weighted by Crippen LogP contribution is 2.32. The smallest absolute Gasteiger partial charge is 0.342 e. The van der Waals surface area contributed by atoms with E-state index in [4.69, 9.17) is 10.5 Å². The highest BCUT2D eigenvalue weighted by molar-refractivity contribution is 6.07. The fourth-order valence-corrected chi connectivity index (χ4v) is 2.98. The number of nitrogens with two attached hydrogens (primary N) is 1. The molecule has 0 atom stereocenters. The molecule has 0 radical (unpaired) electrons. The van der Waals surface area contributed by atoms with Crippen molar-refractivity contribution in [3.63, 3.8) is 0 Å². The maximum absolute atomic E-state index is 13.4. The molecule has 30 heavy (non-hydrogen) atoms. The van der Waals surface area contributed by atoms with Gasteiger partial charge < -0.3 is 25.7 Å². The second-order valence-corrected chi connectivity index (χ2v) is 6.15. The molecule has 2 aromatic carbocycles. The first-order valence-corrected chi connectivity index (χ1v) is 8.38. The van der Waals surface area contributed by atoms with Crippen molar-refractivity contribution in [3.05, 3.63) is 81.1 Å². The zero-order valence-electron chi connectivity index (χ0n) is 15.1. The largest absolute Gasteiger partial charge is 0.489 e. The molecule has 10 heteroatoms. The van der Waals surface area contributed by atoms with Gasteiger partial charge in [0, 0.05) is 23.8 Å². The second kappa shape index (κ2) is 8.03. The molecular formula is C20H14F2N2O6. The third-order valence-electron chi connectivity index (χ3n) is 4.19. The number of nitrogens with one attached hydrogen (secondary N) is 1. The van der Waals surface area contributed by atoms with E-state index in [2.05, 4.69) is 0 Å². The number of nitrogen functional groups attached to an aromatic ring is 1. The fourth-order valence-electron chi connectivity index (χ4n) is 2.98. The predicted octanol–water partition coefficient (Wildman–Crippen LogP) is 2.88. The number of aromatic carboxylic acids is 2. The number of H-pyrrole nitrogens is 1. The molecule has 0 aliphatic heterocycles. The minimum Gasteiger partial charge on any atom is -0.489 e. The van der Waals surface area contributed by atoms with Crippen LogP contribution in [-0.4, -0.2) is 27.1 Å². The topological polar surface area (TPSA) is 143 Å². The highest BCUT2D eigenvalue weighted by atomic mass is 19.1. The van der Waals surface area contributed by atoms with Crippen LogP contribution in [0.3, 0.4) is 0 Å². The summed E-state index contributed by atoms with van der Waals surface area (Å²) in [7, 11) is 0. The molecule has 3 aromatic rings. The molecule has 0 fully saturated rings. The Kier molecular flexibility index (Phi) is 5.50. The van der Waals surface area contributed by atoms with Gasteiger partial charge in [0.25, 0.3) is 5.56 Å². The Morgan fingerprint density at radius 2 is 1.60 bits per heavy atom. The van der Waals surface area contributed by atoms with Crippen molar-refractivity contribution >= 4 is 17.8 Å². The molecule has 5 N–H and O–H groups in total. The van der Waals surface area contributed by atoms with Gasteiger partial charge in [0.2, 0.25) is 0 Å². The van der Waals surface area contributed by atoms with Crippen LogP contribution in [0.25, 0.3) is 11.1 Å². The van der Waals surface area contributed by atoms with Crippen LogP contribution in [0.5, 0.6) is 5.75 Å². The van der Waals surface area contributed by atoms with Gasteiger partial charge in [-0.15, -0.1) is 0 Å². The molecule has 0 amide bonds. The van der Waals surface area contributed by atoms with Crippen molar-refractivity contribution < 1.29 is 33.3 Å². The van der Waals surface area contributed by atoms with Crippen LogP contribution in [0.4, 0.5) is 14.6 Å². The normalized spacial score (nSPS) is 10.6. The zero-order chi connectivity index (χ0) is 22.0. The third-order valence-corrected chi connectivity index (χ3v) is 4.19. The van der Waals surface area contributed by atoms with Crippen LogP contribution in [0, 0.1) is 11.6 Å². The van der Waals surface area contributed by atoms with Crippen LogP contribution in [0.2, 0.25) is 0 Å². The Labute approximate surface area is 167 Å². The average molecular weight is 416 g/mol. The number of hydrogen-bond acceptors (Lipinski definition) is 5. The number of benzene rings is 2. The van der Waals surface area contributed by atoms with E-state index >= 15 is 0 Å². The van der Waals surface area contributed by atoms with Crippen LogP contribution in [0.15, 0.2) is 47.3 Å². The minimum absolute atomic E-state index is 0.0574. The lowest BCUT2D eigenvalue weighted by atomic mass is 9.92. The lowest BCUT2D eigenvalue weighted by Crippen LogP contribution is -2.24. The fraction of sp³-hybridized carbons (Fsp3) is 0.0500. The second-order valence-electron chi connectivity index (χ2n) is 6.15. The minimum atomic E-state index is -1.66. The van der Waals surface area contributed by atoms with Gasteiger partial charge in [0.05, 0.1) is 0 Å². The number of pyridine rings is 1. The van der Waals surface area contributed by atoms with E-state index < -0.39 is 51.6 Å². The molecule has 3 rings (SSSR count). The SMILES string of the molecule is Nc1[nH]c(=O)c(C(=O)O)c(-c2ccccc2COc2cc(F)cc(F)c2)c1C(=O)O. The van der Waals surface area contributed by atoms with Gasteiger partial charge in [-0.2, -0.15) is 0 Å². The van der Waals surface area contributed by atoms with Gasteiger partial charge >= 0.3 is 11.9 Å². The van der Waals surface area contributed by atoms with E-state index in [0.717, 1.165) is 12.1 Å². The van der Waals surface area contributed by atoms with Crippen molar-refractivity contribution in [2.45, 2.75) is 6.61 Å². The third kappa shape index (κ3) is 3.97. The molecule has 8 nitrogen and oxygen atoms in total. The number of carboxylic acid groups (broad SMARTS) is 2. The van der Waals surface area contributed by atoms with Crippen molar-refractivity contribution in [1.29, 1.82) is 0 Å². The monoisotopic (exact) mass is 416 g/mol. The van der Waals surface area contributed by atoms with Gasteiger partial charge in [-0.05, 0) is 11.1 Å². The lowest BCUT2D eigenvalue weighted by molar-refractivity contribution is 0.0695. The first-order chi connectivity index (χ1) is 14.2. The quantitative estimate of drug-likeness (QED) is 0.484. The molecule has 154 valence electrons. The summed E-state index contributed by atoms with van der Waals surface area (Å²) in [6, 6.07) is 8.49. The number of carbonyl (C=O) groups is 2. The number of carboxylic acids is 2. The summed E-state index contributed by atoms with van der Waals surface area (Å²) in [6.45, 7) is -0.302. The Hall–Kier alpha value is -4.21. The number of ether oxygens (including phenoxy) is 1. The molecule has 0 saturated carbocycles. The number of hydrogen-bond donors (Lipinski definition) is 4. The lowest BCUT2D eigenvalue weighted by Gasteiger charge is -2.16. The molecular weight excluding hydrogens is 402 g/mol. The van der Waals surface area contributed by atoms with Crippen LogP contribution < -0.4 is 16.0 Å². The van der Waals surface area contributed by atoms with Crippen LogP contribution in [-0.2, 0) is 6.61 Å². The van der Waals surface area contributed by atoms with Gasteiger partial charge in [0.15, 0.2) is 0 Å². The van der Waals surface area contributed by atoms with Crippen molar-refractivity contribution in [3.8, 4) is 16.9 Å². The summed E-state index contributed by atoms with van der Waals surface area (Å²) >= 11 is 0. The van der Waals surface area contributed by atoms with Gasteiger partial charge in [-0.25, -0.2) is 18.4 Å². The van der Waals surface area contributed by atoms with E-state index in [0.29, 0.717) is 6.07 Å². The molecule has 0 unspecified atom stereocenters. The summed E-state index contributed by atoms with van der Waals surface area (Å²) in [5.41, 5.74) is 3.06. The molecule has 1 heterocycles. The van der Waals surface area contributed by atoms with E-state index in [1.165, 1.54) is 18.2 Å². The van der Waals surface area contributed by atoms with Crippen molar-refractivity contribution in [1.82, 2.24) is 4.98 Å². The molecule has 0 bridgehead atoms. The van der Waals surface area contributed by atoms with Gasteiger partial charge in [-0.3, -0.25) is 4.79 Å². The predicted molar refractivity (Wildman–Crippen MR) is 102 cm³/mol. The standard InChI is InChI=1S/C20H14F2N2O6/c21-10-5-11(22)7-12(6-10)30-8-9-3-1-2-4-13(9)14-15(19(26)27)17(23)24-18(25)16(14)20(28)29/h1-7H,8H2,(H,26,27)(H,28,29)(H3,23,24,25). The number of rotatable bonds is 6. The van der Waals surface area contributed by atoms with Gasteiger partial charge in [0.1, 0.15) is 40.9 Å². The Morgan fingerprint density at radius 3 is 2.20 bits per heavy atom. The number of aromatic amines is 1. The highest BCUT2D eigenvalue weighted by Gasteiger charge is 2.27. The number of aromatic nitrogens is 1. The van der Waals surface area contributed by atoms with E-state index in [1.54, 1.807) is 6.07 Å². The first-order valence-electron chi connectivity index (χ1n) is 8.38. The Bertz CT molecular complexity index is 1200. The van der Waals surface area contributed by atoms with Crippen LogP contribution >= 0.6 is 0 Å². The number of anilines is 1. The molecule has 1 aromatic heterocycles. The number of halogens is 2. The van der Waals surface area contributed by atoms with Crippen molar-refractivity contribution in [2.24, 2.45) is 0 Å². The summed E-state index contributed by atoms with van der Waals surface area (Å²) in [5, 5.41) is 19.1. The molecule has 0 saturated heterocycles. The summed E-state index contributed by atoms with van der Waals surface area (Å²) < 4.78 is 32.1. The van der Waals surface area contributed by atoms with Crippen molar-refractivity contribution in [2.75, 3.05) is 5.73 Å². The molecule has 0 spiro atoms. The van der Waals surface area contributed by atoms with Crippen LogP contribution in [0.1, 0.15) is 26.3 Å². The maximum Gasteiger partial charge on any atom is 0.342 e. The zero-order valence-corrected chi connectivity index (χ0v) is 15.1. The summed E-state index contributed by atoms with van der Waals surface area (Å²) in [4.78, 5) is 37.7. The van der Waals surface area contributed by atoms with E-state index in [-0.39, 0.29) is 23.5 Å². The maximum atomic E-state index is 13.4. The summed E-state index contributed by atoms with van der Waals surface area (Å²) in [5.74, 6) is -5.58. The van der Waals surface area contributed by atoms with E-state index in [1.807, 2.05) is 4.98 Å².